The van der Waals surface area contributed by atoms with Gasteiger partial charge in [-0.1, -0.05) is 77.5 Å². The Balaban J connectivity index is 0.812. The molecule has 7 rings (SSSR count). The van der Waals surface area contributed by atoms with E-state index in [1.807, 2.05) is 25.1 Å². The summed E-state index contributed by atoms with van der Waals surface area (Å²) < 4.78 is 28.3. The molecule has 3 atom stereocenters. The second-order valence-electron chi connectivity index (χ2n) is 21.0. The van der Waals surface area contributed by atoms with Crippen LogP contribution in [0.15, 0.2) is 54.3 Å². The van der Waals surface area contributed by atoms with Crippen LogP contribution < -0.4 is 41.4 Å². The number of likely N-dealkylation sites (tertiary alicyclic amines) is 1. The molecule has 24 heteroatoms. The van der Waals surface area contributed by atoms with E-state index < -0.39 is 58.8 Å². The second kappa shape index (κ2) is 26.8. The minimum Gasteiger partial charge on any atom is -0.494 e. The minimum atomic E-state index is -1.98. The first-order valence-electron chi connectivity index (χ1n) is 26.7. The van der Waals surface area contributed by atoms with Gasteiger partial charge < -0.3 is 51.4 Å². The van der Waals surface area contributed by atoms with Crippen molar-refractivity contribution in [2.75, 3.05) is 44.5 Å². The van der Waals surface area contributed by atoms with Crippen molar-refractivity contribution in [2.45, 2.75) is 135 Å². The molecule has 1 saturated heterocycles. The van der Waals surface area contributed by atoms with Crippen LogP contribution in [0, 0.1) is 12.3 Å². The quantitative estimate of drug-likeness (QED) is 0.0294. The molecule has 0 spiro atoms. The van der Waals surface area contributed by atoms with E-state index in [1.165, 1.54) is 36.5 Å². The number of halogens is 1. The van der Waals surface area contributed by atoms with E-state index in [9.17, 15) is 38.3 Å². The minimum absolute atomic E-state index is 0.0169. The smallest absolute Gasteiger partial charge is 0.273 e. The molecular weight excluding hydrogens is 1040 g/mol. The van der Waals surface area contributed by atoms with Gasteiger partial charge in [-0.15, -0.1) is 21.5 Å². The zero-order chi connectivity index (χ0) is 56.9. The lowest BCUT2D eigenvalue weighted by atomic mass is 9.85. The van der Waals surface area contributed by atoms with Crippen molar-refractivity contribution >= 4 is 64.0 Å². The SMILES string of the molecule is CNC(=O)c1nnc(NC(=O)CNC(=O)CCCCCCCCCCOc2cc(-c3scnc3C)ccc2CNC(=O)[C@@H]2C[C@@H](O)CN2C(=O)[C@@H](NC(=O)C2(F)CC2)C(C)(C)C)cc1Nc1cccc(-c2ncn(C)n2)c1OC. The predicted octanol–water partition coefficient (Wildman–Crippen LogP) is 6.07. The number of nitrogens with zero attached hydrogens (tertiary/aromatic N) is 7. The number of para-hydroxylation sites is 1. The Bertz CT molecular complexity index is 2980. The van der Waals surface area contributed by atoms with Gasteiger partial charge in [-0.2, -0.15) is 5.10 Å². The number of amides is 6. The largest absolute Gasteiger partial charge is 0.494 e. The van der Waals surface area contributed by atoms with Crippen molar-refractivity contribution in [3.8, 4) is 33.3 Å². The molecule has 0 bridgehead atoms. The number of rotatable bonds is 27. The topological polar surface area (TPSA) is 286 Å². The zero-order valence-corrected chi connectivity index (χ0v) is 46.7. The molecule has 3 aromatic heterocycles. The molecule has 2 fully saturated rings. The number of hydrogen-bond donors (Lipinski definition) is 7. The average Bonchev–Trinajstić information content (AvgIpc) is 3.69. The summed E-state index contributed by atoms with van der Waals surface area (Å²) in [4.78, 5) is 89.7. The number of carbonyl (C=O) groups excluding carboxylic acids is 6. The number of ether oxygens (including phenoxy) is 2. The highest BCUT2D eigenvalue weighted by molar-refractivity contribution is 7.13. The Morgan fingerprint density at radius 3 is 2.32 bits per heavy atom. The van der Waals surface area contributed by atoms with Crippen LogP contribution >= 0.6 is 11.3 Å². The van der Waals surface area contributed by atoms with Crippen molar-refractivity contribution in [1.29, 1.82) is 0 Å². The molecule has 1 aliphatic heterocycles. The first-order chi connectivity index (χ1) is 37.8. The Morgan fingerprint density at radius 1 is 0.924 bits per heavy atom. The molecule has 424 valence electrons. The van der Waals surface area contributed by atoms with E-state index in [2.05, 4.69) is 57.2 Å². The standard InChI is InChI=1S/C55H72FN13O9S/c1-33-47(79-32-61-33)34-20-21-35(28-59-50(73)40-26-36(70)30-69(40)52(75)48(54(2,3)4)64-53(76)55(56)22-23-55)41(25-34)78-24-15-13-11-9-8-10-12-14-19-43(71)58-29-44(72)63-42-27-39(45(66-65-42)51(74)57-5)62-38-18-16-17-37(46(38)77-7)49-60-31-68(6)67-49/h16-18,20-21,25,27,31-32,36,40,48,70H,8-15,19,22-24,26,28-30H2,1-7H3,(H,57,74)(H,58,71)(H,59,73)(H,64,76)(H2,62,63,65,72)/t36-,40+,48-/m1/s1. The number of hydrogen-bond acceptors (Lipinski definition) is 16. The molecule has 0 unspecified atom stereocenters. The lowest BCUT2D eigenvalue weighted by Gasteiger charge is -2.35. The van der Waals surface area contributed by atoms with E-state index >= 15 is 0 Å². The third-order valence-corrected chi connectivity index (χ3v) is 14.7. The first kappa shape index (κ1) is 59.1. The molecule has 79 heavy (non-hydrogen) atoms. The number of aliphatic hydroxyl groups excluding tert-OH is 1. The average molecular weight is 1110 g/mol. The maximum absolute atomic E-state index is 14.7. The van der Waals surface area contributed by atoms with Crippen molar-refractivity contribution < 1.29 is 47.7 Å². The summed E-state index contributed by atoms with van der Waals surface area (Å²) >= 11 is 1.52. The summed E-state index contributed by atoms with van der Waals surface area (Å²) in [5, 5.41) is 39.6. The highest BCUT2D eigenvalue weighted by Crippen LogP contribution is 2.41. The molecule has 6 amide bonds. The van der Waals surface area contributed by atoms with Gasteiger partial charge in [0.25, 0.3) is 11.8 Å². The normalized spacial score (nSPS) is 15.9. The first-order valence-corrected chi connectivity index (χ1v) is 27.5. The van der Waals surface area contributed by atoms with E-state index in [0.29, 0.717) is 41.6 Å². The lowest BCUT2D eigenvalue weighted by molar-refractivity contribution is -0.145. The molecule has 7 N–H and O–H groups in total. The molecule has 2 aliphatic rings. The Morgan fingerprint density at radius 2 is 1.66 bits per heavy atom. The van der Waals surface area contributed by atoms with Crippen LogP contribution in [0.2, 0.25) is 0 Å². The molecule has 1 aliphatic carbocycles. The Labute approximate surface area is 462 Å². The summed E-state index contributed by atoms with van der Waals surface area (Å²) in [5.74, 6) is -1.62. The van der Waals surface area contributed by atoms with Gasteiger partial charge in [0.05, 0.1) is 59.4 Å². The van der Waals surface area contributed by atoms with Crippen LogP contribution in [0.1, 0.15) is 120 Å². The third kappa shape index (κ3) is 15.8. The fourth-order valence-electron chi connectivity index (χ4n) is 9.13. The van der Waals surface area contributed by atoms with Crippen molar-refractivity contribution in [3.63, 3.8) is 0 Å². The molecular formula is C55H72FN13O9S. The Hall–Kier alpha value is -7.60. The summed E-state index contributed by atoms with van der Waals surface area (Å²) in [5.41, 5.74) is 2.86. The van der Waals surface area contributed by atoms with Gasteiger partial charge in [0.1, 0.15) is 24.2 Å². The summed E-state index contributed by atoms with van der Waals surface area (Å²) in [6.07, 6.45) is 8.36. The number of thiazole rings is 1. The van der Waals surface area contributed by atoms with Crippen LogP contribution in [0.3, 0.4) is 0 Å². The number of unbranched alkanes of at least 4 members (excludes halogenated alkanes) is 7. The molecule has 2 aromatic carbocycles. The predicted molar refractivity (Wildman–Crippen MR) is 295 cm³/mol. The number of alkyl halides is 1. The van der Waals surface area contributed by atoms with Crippen molar-refractivity contribution in [2.24, 2.45) is 12.5 Å². The van der Waals surface area contributed by atoms with E-state index in [0.717, 1.165) is 66.6 Å². The number of anilines is 3. The monoisotopic (exact) mass is 1110 g/mol. The van der Waals surface area contributed by atoms with E-state index in [4.69, 9.17) is 9.47 Å². The number of benzene rings is 2. The van der Waals surface area contributed by atoms with Gasteiger partial charge in [0.15, 0.2) is 28.8 Å². The van der Waals surface area contributed by atoms with E-state index in [1.54, 1.807) is 62.5 Å². The molecule has 5 aromatic rings. The highest BCUT2D eigenvalue weighted by Gasteiger charge is 2.53. The number of aromatic nitrogens is 6. The highest BCUT2D eigenvalue weighted by atomic mass is 32.1. The molecule has 0 radical (unpaired) electrons. The maximum atomic E-state index is 14.7. The van der Waals surface area contributed by atoms with Crippen LogP contribution in [0.5, 0.6) is 11.5 Å². The summed E-state index contributed by atoms with van der Waals surface area (Å²) in [6.45, 7) is 7.38. The van der Waals surface area contributed by atoms with Crippen molar-refractivity contribution in [1.82, 2.24) is 56.1 Å². The Kier molecular flexibility index (Phi) is 20.1. The molecule has 4 heterocycles. The fraction of sp³-hybridized carbons (Fsp3) is 0.509. The number of nitrogens with one attached hydrogen (secondary N) is 6. The van der Waals surface area contributed by atoms with Crippen LogP contribution in [0.4, 0.5) is 21.6 Å². The van der Waals surface area contributed by atoms with Gasteiger partial charge in [-0.3, -0.25) is 33.4 Å². The van der Waals surface area contributed by atoms with Gasteiger partial charge in [-0.05, 0) is 61.8 Å². The maximum Gasteiger partial charge on any atom is 0.273 e. The van der Waals surface area contributed by atoms with Crippen LogP contribution in [0.25, 0.3) is 21.8 Å². The number of methoxy groups -OCH3 is 1. The summed E-state index contributed by atoms with van der Waals surface area (Å²) in [7, 11) is 4.72. The third-order valence-electron chi connectivity index (χ3n) is 13.7. The molecule has 1 saturated carbocycles. The van der Waals surface area contributed by atoms with Gasteiger partial charge >= 0.3 is 0 Å². The number of β-amino-alcohol motifs (C(OH)–C–C–N with tert-alkyl or cyclic N) is 1. The fourth-order valence-corrected chi connectivity index (χ4v) is 9.93. The number of aliphatic hydroxyl groups is 1. The van der Waals surface area contributed by atoms with E-state index in [-0.39, 0.29) is 68.4 Å². The van der Waals surface area contributed by atoms with Crippen LogP contribution in [-0.4, -0.2) is 133 Å². The van der Waals surface area contributed by atoms with Gasteiger partial charge in [-0.25, -0.2) is 14.4 Å². The van der Waals surface area contributed by atoms with Crippen molar-refractivity contribution in [3.05, 3.63) is 71.3 Å². The van der Waals surface area contributed by atoms with Crippen LogP contribution in [-0.2, 0) is 37.6 Å². The summed E-state index contributed by atoms with van der Waals surface area (Å²) in [6, 6.07) is 10.5. The second-order valence-corrected chi connectivity index (χ2v) is 21.9. The van der Waals surface area contributed by atoms with Gasteiger partial charge in [0.2, 0.25) is 23.6 Å². The molecule has 22 nitrogen and oxygen atoms in total. The van der Waals surface area contributed by atoms with Gasteiger partial charge in [0, 0.05) is 51.7 Å². The lowest BCUT2D eigenvalue weighted by Crippen LogP contribution is -2.59. The number of aryl methyl sites for hydroxylation is 2. The zero-order valence-electron chi connectivity index (χ0n) is 45.9. The number of carbonyl (C=O) groups is 6.